The van der Waals surface area contributed by atoms with Crippen LogP contribution in [0.5, 0.6) is 5.75 Å². The van der Waals surface area contributed by atoms with E-state index in [9.17, 15) is 4.57 Å². The number of para-hydroxylation sites is 1. The van der Waals surface area contributed by atoms with E-state index < -0.39 is 7.60 Å². The molecule has 28 heavy (non-hydrogen) atoms. The van der Waals surface area contributed by atoms with E-state index in [2.05, 4.69) is 0 Å². The number of aromatic nitrogens is 1. The van der Waals surface area contributed by atoms with E-state index in [1.54, 1.807) is 0 Å². The molecule has 6 heteroatoms. The number of nitrogens with zero attached hydrogens (tertiary/aromatic N) is 1. The standard InChI is InChI=1S/C22H22NO4P/c1-3-26-28(24,27-4-2)21-14-19(16-10-6-5-7-11-16)23-22-17-12-8-9-13-20(17)25-15-18(21)22/h5-14H,3-4,15H2,1-2H3. The van der Waals surface area contributed by atoms with Crippen molar-refractivity contribution < 1.29 is 18.3 Å². The molecule has 0 N–H and O–H groups in total. The van der Waals surface area contributed by atoms with Gasteiger partial charge in [-0.2, -0.15) is 0 Å². The lowest BCUT2D eigenvalue weighted by molar-refractivity contribution is 0.229. The first-order chi connectivity index (χ1) is 13.7. The maximum absolute atomic E-state index is 13.7. The first-order valence-electron chi connectivity index (χ1n) is 9.37. The molecule has 0 radical (unpaired) electrons. The SMILES string of the molecule is CCOP(=O)(OCC)c1cc(-c2ccccc2)nc2c1COc1ccccc1-2. The fraction of sp³-hybridized carbons (Fsp3) is 0.227. The van der Waals surface area contributed by atoms with Crippen molar-refractivity contribution in [2.45, 2.75) is 20.5 Å². The van der Waals surface area contributed by atoms with Crippen molar-refractivity contribution in [2.75, 3.05) is 13.2 Å². The van der Waals surface area contributed by atoms with Gasteiger partial charge in [0.05, 0.1) is 29.9 Å². The largest absolute Gasteiger partial charge is 0.488 e. The Morgan fingerprint density at radius 1 is 1.00 bits per heavy atom. The summed E-state index contributed by atoms with van der Waals surface area (Å²) >= 11 is 0. The Hall–Kier alpha value is -2.46. The van der Waals surface area contributed by atoms with Crippen LogP contribution in [0.15, 0.2) is 60.7 Å². The van der Waals surface area contributed by atoms with Gasteiger partial charge >= 0.3 is 7.60 Å². The van der Waals surface area contributed by atoms with E-state index in [1.165, 1.54) is 0 Å². The summed E-state index contributed by atoms with van der Waals surface area (Å²) < 4.78 is 30.9. The molecule has 3 aromatic rings. The van der Waals surface area contributed by atoms with Gasteiger partial charge in [0.15, 0.2) is 0 Å². The lowest BCUT2D eigenvalue weighted by Crippen LogP contribution is -2.22. The fourth-order valence-corrected chi connectivity index (χ4v) is 5.19. The van der Waals surface area contributed by atoms with Gasteiger partial charge in [0.1, 0.15) is 12.4 Å². The van der Waals surface area contributed by atoms with Crippen molar-refractivity contribution >= 4 is 12.9 Å². The Bertz CT molecular complexity index is 1030. The summed E-state index contributed by atoms with van der Waals surface area (Å²) in [6.45, 7) is 4.46. The van der Waals surface area contributed by atoms with Crippen molar-refractivity contribution in [3.63, 3.8) is 0 Å². The number of fused-ring (bicyclic) bond motifs is 3. The van der Waals surface area contributed by atoms with Gasteiger partial charge in [-0.1, -0.05) is 42.5 Å². The lowest BCUT2D eigenvalue weighted by Gasteiger charge is -2.26. The maximum atomic E-state index is 13.7. The summed E-state index contributed by atoms with van der Waals surface area (Å²) in [5, 5.41) is 0.523. The summed E-state index contributed by atoms with van der Waals surface area (Å²) in [5.74, 6) is 0.765. The van der Waals surface area contributed by atoms with E-state index >= 15 is 0 Å². The minimum Gasteiger partial charge on any atom is -0.488 e. The Kier molecular flexibility index (Phi) is 5.31. The minimum atomic E-state index is -3.51. The molecule has 0 atom stereocenters. The summed E-state index contributed by atoms with van der Waals surface area (Å²) in [7, 11) is -3.51. The average Bonchev–Trinajstić information content (AvgIpc) is 2.74. The molecular weight excluding hydrogens is 373 g/mol. The highest BCUT2D eigenvalue weighted by Crippen LogP contribution is 2.50. The highest BCUT2D eigenvalue weighted by atomic mass is 31.2. The molecule has 0 saturated carbocycles. The highest BCUT2D eigenvalue weighted by Gasteiger charge is 2.34. The number of ether oxygens (including phenoxy) is 1. The van der Waals surface area contributed by atoms with Crippen LogP contribution in [-0.2, 0) is 20.2 Å². The second-order valence-corrected chi connectivity index (χ2v) is 8.33. The van der Waals surface area contributed by atoms with Gasteiger partial charge in [-0.25, -0.2) is 4.98 Å². The third kappa shape index (κ3) is 3.37. The van der Waals surface area contributed by atoms with Crippen LogP contribution in [0.25, 0.3) is 22.5 Å². The molecule has 0 bridgehead atoms. The molecule has 0 saturated heterocycles. The van der Waals surface area contributed by atoms with Crippen LogP contribution in [0, 0.1) is 0 Å². The topological polar surface area (TPSA) is 57.7 Å². The van der Waals surface area contributed by atoms with E-state index in [0.717, 1.165) is 33.8 Å². The molecule has 2 aromatic carbocycles. The first-order valence-corrected chi connectivity index (χ1v) is 10.9. The molecule has 0 spiro atoms. The quantitative estimate of drug-likeness (QED) is 0.537. The summed E-state index contributed by atoms with van der Waals surface area (Å²) in [4.78, 5) is 4.91. The Morgan fingerprint density at radius 2 is 1.68 bits per heavy atom. The second-order valence-electron chi connectivity index (χ2n) is 6.34. The van der Waals surface area contributed by atoms with Crippen molar-refractivity contribution in [3.05, 3.63) is 66.2 Å². The van der Waals surface area contributed by atoms with Gasteiger partial charge in [-0.3, -0.25) is 4.57 Å². The number of pyridine rings is 1. The fourth-order valence-electron chi connectivity index (χ4n) is 3.38. The second kappa shape index (κ2) is 7.88. The van der Waals surface area contributed by atoms with Gasteiger partial charge in [-0.05, 0) is 32.0 Å². The summed E-state index contributed by atoms with van der Waals surface area (Å²) in [6, 6.07) is 19.4. The van der Waals surface area contributed by atoms with Crippen molar-refractivity contribution in [1.82, 2.24) is 4.98 Å². The molecule has 5 nitrogen and oxygen atoms in total. The summed E-state index contributed by atoms with van der Waals surface area (Å²) in [5.41, 5.74) is 4.06. The van der Waals surface area contributed by atoms with Crippen molar-refractivity contribution in [1.29, 1.82) is 0 Å². The number of hydrogen-bond acceptors (Lipinski definition) is 5. The number of rotatable bonds is 6. The van der Waals surface area contributed by atoms with Gasteiger partial charge < -0.3 is 13.8 Å². The zero-order valence-electron chi connectivity index (χ0n) is 15.9. The smallest absolute Gasteiger partial charge is 0.361 e. The third-order valence-electron chi connectivity index (χ3n) is 4.58. The van der Waals surface area contributed by atoms with E-state index in [1.807, 2.05) is 74.5 Å². The molecule has 2 heterocycles. The minimum absolute atomic E-state index is 0.272. The molecule has 0 aliphatic carbocycles. The Morgan fingerprint density at radius 3 is 2.39 bits per heavy atom. The zero-order chi connectivity index (χ0) is 19.6. The van der Waals surface area contributed by atoms with Crippen molar-refractivity contribution in [2.24, 2.45) is 0 Å². The monoisotopic (exact) mass is 395 g/mol. The van der Waals surface area contributed by atoms with Crippen LogP contribution >= 0.6 is 7.60 Å². The van der Waals surface area contributed by atoms with E-state index in [0.29, 0.717) is 5.30 Å². The van der Waals surface area contributed by atoms with Gasteiger partial charge in [0, 0.05) is 16.7 Å². The van der Waals surface area contributed by atoms with Crippen LogP contribution in [0.3, 0.4) is 0 Å². The number of hydrogen-bond donors (Lipinski definition) is 0. The maximum Gasteiger partial charge on any atom is 0.361 e. The number of benzene rings is 2. The average molecular weight is 395 g/mol. The molecular formula is C22H22NO4P. The molecule has 4 rings (SSSR count). The van der Waals surface area contributed by atoms with Gasteiger partial charge in [0.25, 0.3) is 0 Å². The predicted octanol–water partition coefficient (Wildman–Crippen LogP) is 5.20. The van der Waals surface area contributed by atoms with Crippen molar-refractivity contribution in [3.8, 4) is 28.3 Å². The Balaban J connectivity index is 2.00. The zero-order valence-corrected chi connectivity index (χ0v) is 16.8. The third-order valence-corrected chi connectivity index (χ3v) is 6.76. The van der Waals surface area contributed by atoms with E-state index in [-0.39, 0.29) is 19.8 Å². The molecule has 1 aliphatic rings. The first kappa shape index (κ1) is 18.9. The van der Waals surface area contributed by atoms with Gasteiger partial charge in [-0.15, -0.1) is 0 Å². The summed E-state index contributed by atoms with van der Waals surface area (Å²) in [6.07, 6.45) is 0. The van der Waals surface area contributed by atoms with Crippen LogP contribution in [0.2, 0.25) is 0 Å². The Labute approximate surface area is 164 Å². The molecule has 1 aromatic heterocycles. The molecule has 144 valence electrons. The molecule has 1 aliphatic heterocycles. The highest BCUT2D eigenvalue weighted by molar-refractivity contribution is 7.62. The van der Waals surface area contributed by atoms with Crippen LogP contribution < -0.4 is 10.0 Å². The van der Waals surface area contributed by atoms with Crippen LogP contribution in [0.4, 0.5) is 0 Å². The molecule has 0 fully saturated rings. The van der Waals surface area contributed by atoms with Crippen LogP contribution in [-0.4, -0.2) is 18.2 Å². The van der Waals surface area contributed by atoms with E-state index in [4.69, 9.17) is 18.8 Å². The van der Waals surface area contributed by atoms with Gasteiger partial charge in [0.2, 0.25) is 0 Å². The molecule has 0 unspecified atom stereocenters. The predicted molar refractivity (Wildman–Crippen MR) is 110 cm³/mol. The normalized spacial score (nSPS) is 12.8. The molecule has 0 amide bonds. The lowest BCUT2D eigenvalue weighted by atomic mass is 10.0. The van der Waals surface area contributed by atoms with Crippen LogP contribution in [0.1, 0.15) is 19.4 Å².